The molecule has 1 heterocycles. The van der Waals surface area contributed by atoms with E-state index < -0.39 is 0 Å². The maximum atomic E-state index is 11.7. The maximum absolute atomic E-state index is 11.7. The SMILES string of the molecule is FCCNc1ncncc1I. The molecule has 1 rings (SSSR count). The molecule has 0 saturated heterocycles. The van der Waals surface area contributed by atoms with Crippen LogP contribution in [0.5, 0.6) is 0 Å². The molecular weight excluding hydrogens is 260 g/mol. The summed E-state index contributed by atoms with van der Waals surface area (Å²) in [6, 6.07) is 0. The van der Waals surface area contributed by atoms with Gasteiger partial charge in [-0.25, -0.2) is 14.4 Å². The first kappa shape index (κ1) is 8.63. The molecule has 1 aromatic heterocycles. The van der Waals surface area contributed by atoms with Crippen molar-refractivity contribution in [2.75, 3.05) is 18.5 Å². The van der Waals surface area contributed by atoms with Gasteiger partial charge in [0.05, 0.1) is 3.57 Å². The molecule has 0 unspecified atom stereocenters. The van der Waals surface area contributed by atoms with E-state index in [1.807, 2.05) is 0 Å². The number of hydrogen-bond donors (Lipinski definition) is 1. The maximum Gasteiger partial charge on any atom is 0.142 e. The van der Waals surface area contributed by atoms with Gasteiger partial charge >= 0.3 is 0 Å². The van der Waals surface area contributed by atoms with Crippen LogP contribution >= 0.6 is 22.6 Å². The van der Waals surface area contributed by atoms with E-state index in [0.29, 0.717) is 12.4 Å². The predicted molar refractivity (Wildman–Crippen MR) is 49.2 cm³/mol. The molecule has 0 aliphatic carbocycles. The second-order valence-corrected chi connectivity index (χ2v) is 3.00. The molecule has 5 heteroatoms. The number of halogens is 2. The van der Waals surface area contributed by atoms with Crippen molar-refractivity contribution in [3.05, 3.63) is 16.1 Å². The van der Waals surface area contributed by atoms with E-state index in [-0.39, 0.29) is 6.67 Å². The molecule has 0 bridgehead atoms. The Bertz CT molecular complexity index is 231. The summed E-state index contributed by atoms with van der Waals surface area (Å²) in [6.45, 7) is -0.0902. The number of hydrogen-bond acceptors (Lipinski definition) is 3. The zero-order valence-electron chi connectivity index (χ0n) is 5.72. The minimum Gasteiger partial charge on any atom is -0.366 e. The molecule has 3 nitrogen and oxygen atoms in total. The third kappa shape index (κ3) is 2.57. The van der Waals surface area contributed by atoms with Crippen molar-refractivity contribution in [3.63, 3.8) is 0 Å². The van der Waals surface area contributed by atoms with Gasteiger partial charge in [-0.1, -0.05) is 0 Å². The summed E-state index contributed by atoms with van der Waals surface area (Å²) in [5, 5.41) is 2.83. The lowest BCUT2D eigenvalue weighted by Gasteiger charge is -2.02. The van der Waals surface area contributed by atoms with Crippen molar-refractivity contribution in [1.82, 2.24) is 9.97 Å². The van der Waals surface area contributed by atoms with Crippen molar-refractivity contribution in [2.24, 2.45) is 0 Å². The molecule has 0 saturated carbocycles. The summed E-state index contributed by atoms with van der Waals surface area (Å²) in [5.41, 5.74) is 0. The Morgan fingerprint density at radius 2 is 2.45 bits per heavy atom. The smallest absolute Gasteiger partial charge is 0.142 e. The quantitative estimate of drug-likeness (QED) is 0.842. The van der Waals surface area contributed by atoms with E-state index in [1.165, 1.54) is 6.33 Å². The second-order valence-electron chi connectivity index (χ2n) is 1.84. The topological polar surface area (TPSA) is 37.8 Å². The van der Waals surface area contributed by atoms with E-state index in [9.17, 15) is 4.39 Å². The Morgan fingerprint density at radius 3 is 3.09 bits per heavy atom. The predicted octanol–water partition coefficient (Wildman–Crippen LogP) is 1.46. The fourth-order valence-corrected chi connectivity index (χ4v) is 1.10. The number of anilines is 1. The van der Waals surface area contributed by atoms with Gasteiger partial charge in [0, 0.05) is 12.7 Å². The van der Waals surface area contributed by atoms with E-state index >= 15 is 0 Å². The summed E-state index contributed by atoms with van der Waals surface area (Å²) in [4.78, 5) is 7.72. The highest BCUT2D eigenvalue weighted by Gasteiger charge is 1.97. The summed E-state index contributed by atoms with van der Waals surface area (Å²) >= 11 is 2.09. The van der Waals surface area contributed by atoms with Crippen LogP contribution < -0.4 is 5.32 Å². The summed E-state index contributed by atoms with van der Waals surface area (Å²) in [7, 11) is 0. The average Bonchev–Trinajstić information content (AvgIpc) is 2.03. The third-order valence-corrected chi connectivity index (χ3v) is 1.84. The lowest BCUT2D eigenvalue weighted by atomic mass is 10.5. The van der Waals surface area contributed by atoms with Gasteiger partial charge in [0.2, 0.25) is 0 Å². The van der Waals surface area contributed by atoms with Crippen molar-refractivity contribution in [2.45, 2.75) is 0 Å². The Hall–Kier alpha value is -0.460. The first-order valence-electron chi connectivity index (χ1n) is 3.10. The van der Waals surface area contributed by atoms with Crippen molar-refractivity contribution in [3.8, 4) is 0 Å². The molecule has 0 fully saturated rings. The minimum atomic E-state index is -0.389. The normalized spacial score (nSPS) is 9.64. The molecule has 0 radical (unpaired) electrons. The molecule has 0 aromatic carbocycles. The van der Waals surface area contributed by atoms with Crippen LogP contribution in [0.4, 0.5) is 10.2 Å². The van der Waals surface area contributed by atoms with Crippen molar-refractivity contribution < 1.29 is 4.39 Å². The van der Waals surface area contributed by atoms with Gasteiger partial charge in [-0.2, -0.15) is 0 Å². The highest BCUT2D eigenvalue weighted by Crippen LogP contribution is 2.11. The molecule has 0 spiro atoms. The zero-order chi connectivity index (χ0) is 8.10. The molecule has 0 atom stereocenters. The second kappa shape index (κ2) is 4.42. The molecule has 1 aromatic rings. The van der Waals surface area contributed by atoms with Crippen LogP contribution in [0.25, 0.3) is 0 Å². The van der Waals surface area contributed by atoms with Crippen LogP contribution in [0.3, 0.4) is 0 Å². The van der Waals surface area contributed by atoms with Crippen LogP contribution in [-0.2, 0) is 0 Å². The largest absolute Gasteiger partial charge is 0.366 e. The molecule has 60 valence electrons. The average molecular weight is 267 g/mol. The van der Waals surface area contributed by atoms with Gasteiger partial charge < -0.3 is 5.32 Å². The highest BCUT2D eigenvalue weighted by molar-refractivity contribution is 14.1. The van der Waals surface area contributed by atoms with Gasteiger partial charge in [-0.05, 0) is 22.6 Å². The van der Waals surface area contributed by atoms with Crippen LogP contribution in [0.15, 0.2) is 12.5 Å². The summed E-state index contributed by atoms with van der Waals surface area (Å²) < 4.78 is 12.6. The Kier molecular flexibility index (Phi) is 3.47. The van der Waals surface area contributed by atoms with E-state index in [4.69, 9.17) is 0 Å². The number of alkyl halides is 1. The van der Waals surface area contributed by atoms with E-state index in [0.717, 1.165) is 3.57 Å². The Labute approximate surface area is 77.6 Å². The van der Waals surface area contributed by atoms with Gasteiger partial charge in [-0.15, -0.1) is 0 Å². The van der Waals surface area contributed by atoms with E-state index in [2.05, 4.69) is 37.9 Å². The summed E-state index contributed by atoms with van der Waals surface area (Å²) in [5.74, 6) is 0.693. The van der Waals surface area contributed by atoms with Crippen molar-refractivity contribution in [1.29, 1.82) is 0 Å². The van der Waals surface area contributed by atoms with Crippen LogP contribution in [0.1, 0.15) is 0 Å². The molecule has 1 N–H and O–H groups in total. The lowest BCUT2D eigenvalue weighted by molar-refractivity contribution is 0.512. The molecule has 0 aliphatic heterocycles. The fraction of sp³-hybridized carbons (Fsp3) is 0.333. The minimum absolute atomic E-state index is 0.299. The van der Waals surface area contributed by atoms with Crippen LogP contribution in [0.2, 0.25) is 0 Å². The van der Waals surface area contributed by atoms with Gasteiger partial charge in [0.15, 0.2) is 0 Å². The Morgan fingerprint density at radius 1 is 1.64 bits per heavy atom. The monoisotopic (exact) mass is 267 g/mol. The fourth-order valence-electron chi connectivity index (χ4n) is 0.608. The van der Waals surface area contributed by atoms with Gasteiger partial charge in [-0.3, -0.25) is 0 Å². The molecule has 0 aliphatic rings. The Balaban J connectivity index is 2.62. The molecule has 11 heavy (non-hydrogen) atoms. The van der Waals surface area contributed by atoms with Crippen molar-refractivity contribution >= 4 is 28.4 Å². The number of rotatable bonds is 3. The third-order valence-electron chi connectivity index (χ3n) is 1.05. The number of nitrogens with one attached hydrogen (secondary N) is 1. The standard InChI is InChI=1S/C6H7FIN3/c7-1-2-10-6-5(8)3-9-4-11-6/h3-4H,1-2H2,(H,9,10,11). The van der Waals surface area contributed by atoms with Crippen LogP contribution in [0, 0.1) is 3.57 Å². The lowest BCUT2D eigenvalue weighted by Crippen LogP contribution is -2.06. The zero-order valence-corrected chi connectivity index (χ0v) is 7.88. The molecular formula is C6H7FIN3. The first-order chi connectivity index (χ1) is 5.34. The van der Waals surface area contributed by atoms with E-state index in [1.54, 1.807) is 6.20 Å². The number of nitrogens with zero attached hydrogens (tertiary/aromatic N) is 2. The first-order valence-corrected chi connectivity index (χ1v) is 4.18. The van der Waals surface area contributed by atoms with Crippen LogP contribution in [-0.4, -0.2) is 23.2 Å². The number of aromatic nitrogens is 2. The van der Waals surface area contributed by atoms with Gasteiger partial charge in [0.1, 0.15) is 18.8 Å². The molecule has 0 amide bonds. The van der Waals surface area contributed by atoms with Gasteiger partial charge in [0.25, 0.3) is 0 Å². The summed E-state index contributed by atoms with van der Waals surface area (Å²) in [6.07, 6.45) is 3.11. The highest BCUT2D eigenvalue weighted by atomic mass is 127.